The monoisotopic (exact) mass is 414 g/mol. The minimum Gasteiger partial charge on any atom is -0.483 e. The number of amides is 1. The molecule has 0 unspecified atom stereocenters. The van der Waals surface area contributed by atoms with Gasteiger partial charge in [-0.3, -0.25) is 4.79 Å². The van der Waals surface area contributed by atoms with Gasteiger partial charge in [0.25, 0.3) is 5.91 Å². The number of aryl methyl sites for hydroxylation is 2. The van der Waals surface area contributed by atoms with Crippen molar-refractivity contribution in [3.05, 3.63) is 90.5 Å². The Morgan fingerprint density at radius 3 is 2.45 bits per heavy atom. The SMILES string of the molecule is Cc1nc(Oc2ccc(NC(=O)COc3ccccc3C)cc2)cc(-n2cccc2)n1. The van der Waals surface area contributed by atoms with Gasteiger partial charge in [-0.25, -0.2) is 4.98 Å². The van der Waals surface area contributed by atoms with Crippen LogP contribution in [-0.4, -0.2) is 27.0 Å². The number of anilines is 1. The molecule has 0 aliphatic rings. The van der Waals surface area contributed by atoms with E-state index in [0.717, 1.165) is 11.4 Å². The zero-order valence-corrected chi connectivity index (χ0v) is 17.3. The molecule has 2 aromatic carbocycles. The van der Waals surface area contributed by atoms with E-state index < -0.39 is 0 Å². The summed E-state index contributed by atoms with van der Waals surface area (Å²) in [5.74, 6) is 2.84. The lowest BCUT2D eigenvalue weighted by Gasteiger charge is -2.11. The van der Waals surface area contributed by atoms with Gasteiger partial charge in [0.1, 0.15) is 23.1 Å². The molecule has 31 heavy (non-hydrogen) atoms. The van der Waals surface area contributed by atoms with Gasteiger partial charge in [0, 0.05) is 24.1 Å². The molecule has 0 aliphatic heterocycles. The van der Waals surface area contributed by atoms with E-state index in [2.05, 4.69) is 15.3 Å². The Morgan fingerprint density at radius 2 is 1.71 bits per heavy atom. The number of benzene rings is 2. The molecule has 0 radical (unpaired) electrons. The highest BCUT2D eigenvalue weighted by molar-refractivity contribution is 5.91. The molecule has 1 N–H and O–H groups in total. The molecule has 0 saturated carbocycles. The van der Waals surface area contributed by atoms with Crippen LogP contribution in [0.15, 0.2) is 79.1 Å². The number of hydrogen-bond acceptors (Lipinski definition) is 5. The lowest BCUT2D eigenvalue weighted by atomic mass is 10.2. The van der Waals surface area contributed by atoms with Crippen molar-refractivity contribution in [2.24, 2.45) is 0 Å². The summed E-state index contributed by atoms with van der Waals surface area (Å²) in [5, 5.41) is 2.81. The van der Waals surface area contributed by atoms with Crippen LogP contribution in [0.1, 0.15) is 11.4 Å². The van der Waals surface area contributed by atoms with Crippen LogP contribution in [0.5, 0.6) is 17.4 Å². The molecule has 1 amide bonds. The second kappa shape index (κ2) is 9.13. The van der Waals surface area contributed by atoms with Gasteiger partial charge in [-0.2, -0.15) is 4.98 Å². The smallest absolute Gasteiger partial charge is 0.262 e. The van der Waals surface area contributed by atoms with Gasteiger partial charge in [-0.15, -0.1) is 0 Å². The van der Waals surface area contributed by atoms with E-state index in [1.54, 1.807) is 30.3 Å². The van der Waals surface area contributed by atoms with Crippen molar-refractivity contribution < 1.29 is 14.3 Å². The number of aromatic nitrogens is 3. The molecule has 4 rings (SSSR count). The standard InChI is InChI=1S/C24H22N4O3/c1-17-7-3-4-8-21(17)30-16-23(29)27-19-9-11-20(12-10-19)31-24-15-22(25-18(2)26-24)28-13-5-6-14-28/h3-15H,16H2,1-2H3,(H,27,29). The van der Waals surface area contributed by atoms with Crippen molar-refractivity contribution in [2.45, 2.75) is 13.8 Å². The Labute approximate surface area is 180 Å². The van der Waals surface area contributed by atoms with E-state index in [9.17, 15) is 4.79 Å². The summed E-state index contributed by atoms with van der Waals surface area (Å²) in [6, 6.07) is 20.3. The summed E-state index contributed by atoms with van der Waals surface area (Å²) in [7, 11) is 0. The lowest BCUT2D eigenvalue weighted by molar-refractivity contribution is -0.118. The van der Waals surface area contributed by atoms with Crippen LogP contribution < -0.4 is 14.8 Å². The predicted molar refractivity (Wildman–Crippen MR) is 118 cm³/mol. The van der Waals surface area contributed by atoms with Gasteiger partial charge in [-0.05, 0) is 61.9 Å². The molecule has 0 bridgehead atoms. The first-order valence-electron chi connectivity index (χ1n) is 9.82. The Bertz CT molecular complexity index is 1170. The molecule has 156 valence electrons. The normalized spacial score (nSPS) is 10.5. The second-order valence-corrected chi connectivity index (χ2v) is 6.93. The van der Waals surface area contributed by atoms with Crippen LogP contribution in [0.2, 0.25) is 0 Å². The topological polar surface area (TPSA) is 78.3 Å². The molecule has 0 saturated heterocycles. The second-order valence-electron chi connectivity index (χ2n) is 6.93. The average Bonchev–Trinajstić information content (AvgIpc) is 3.29. The van der Waals surface area contributed by atoms with Gasteiger partial charge in [0.15, 0.2) is 6.61 Å². The van der Waals surface area contributed by atoms with E-state index in [-0.39, 0.29) is 12.5 Å². The van der Waals surface area contributed by atoms with Gasteiger partial charge in [0.2, 0.25) is 5.88 Å². The highest BCUT2D eigenvalue weighted by Crippen LogP contribution is 2.23. The quantitative estimate of drug-likeness (QED) is 0.474. The van der Waals surface area contributed by atoms with Crippen molar-refractivity contribution in [1.82, 2.24) is 14.5 Å². The third-order valence-electron chi connectivity index (χ3n) is 4.48. The number of rotatable bonds is 7. The minimum absolute atomic E-state index is 0.0640. The van der Waals surface area contributed by atoms with Crippen molar-refractivity contribution in [3.63, 3.8) is 0 Å². The fourth-order valence-corrected chi connectivity index (χ4v) is 2.98. The molecule has 2 heterocycles. The van der Waals surface area contributed by atoms with Crippen molar-refractivity contribution in [3.8, 4) is 23.2 Å². The summed E-state index contributed by atoms with van der Waals surface area (Å²) >= 11 is 0. The number of para-hydroxylation sites is 1. The molecule has 0 fully saturated rings. The van der Waals surface area contributed by atoms with E-state index >= 15 is 0 Å². The summed E-state index contributed by atoms with van der Waals surface area (Å²) in [5.41, 5.74) is 1.63. The Balaban J connectivity index is 1.36. The Hall–Kier alpha value is -4.13. The maximum absolute atomic E-state index is 12.2. The molecule has 0 spiro atoms. The highest BCUT2D eigenvalue weighted by Gasteiger charge is 2.08. The molecule has 7 heteroatoms. The van der Waals surface area contributed by atoms with Crippen LogP contribution in [-0.2, 0) is 4.79 Å². The summed E-state index contributed by atoms with van der Waals surface area (Å²) in [6.07, 6.45) is 3.82. The van der Waals surface area contributed by atoms with Crippen molar-refractivity contribution in [1.29, 1.82) is 0 Å². The van der Waals surface area contributed by atoms with Gasteiger partial charge >= 0.3 is 0 Å². The molecular formula is C24H22N4O3. The Morgan fingerprint density at radius 1 is 0.968 bits per heavy atom. The van der Waals surface area contributed by atoms with E-state index in [1.807, 2.05) is 67.2 Å². The summed E-state index contributed by atoms with van der Waals surface area (Å²) in [6.45, 7) is 3.69. The fourth-order valence-electron chi connectivity index (χ4n) is 2.98. The predicted octanol–water partition coefficient (Wildman–Crippen LogP) is 4.69. The van der Waals surface area contributed by atoms with Crippen LogP contribution in [0, 0.1) is 13.8 Å². The van der Waals surface area contributed by atoms with Gasteiger partial charge in [-0.1, -0.05) is 18.2 Å². The van der Waals surface area contributed by atoms with E-state index in [1.165, 1.54) is 0 Å². The minimum atomic E-state index is -0.236. The summed E-state index contributed by atoms with van der Waals surface area (Å²) in [4.78, 5) is 20.9. The van der Waals surface area contributed by atoms with Crippen LogP contribution in [0.25, 0.3) is 5.82 Å². The van der Waals surface area contributed by atoms with E-state index in [4.69, 9.17) is 9.47 Å². The molecular weight excluding hydrogens is 392 g/mol. The highest BCUT2D eigenvalue weighted by atomic mass is 16.5. The molecule has 2 aromatic heterocycles. The third-order valence-corrected chi connectivity index (χ3v) is 4.48. The molecule has 7 nitrogen and oxygen atoms in total. The molecule has 0 atom stereocenters. The van der Waals surface area contributed by atoms with Crippen molar-refractivity contribution >= 4 is 11.6 Å². The number of carbonyl (C=O) groups is 1. The first-order valence-corrected chi connectivity index (χ1v) is 9.82. The number of ether oxygens (including phenoxy) is 2. The maximum atomic E-state index is 12.2. The number of carbonyl (C=O) groups excluding carboxylic acids is 1. The van der Waals surface area contributed by atoms with Crippen molar-refractivity contribution in [2.75, 3.05) is 11.9 Å². The number of nitrogens with one attached hydrogen (secondary N) is 1. The third kappa shape index (κ3) is 5.27. The largest absolute Gasteiger partial charge is 0.483 e. The number of nitrogens with zero attached hydrogens (tertiary/aromatic N) is 3. The fraction of sp³-hybridized carbons (Fsp3) is 0.125. The zero-order valence-electron chi connectivity index (χ0n) is 17.3. The molecule has 4 aromatic rings. The Kier molecular flexibility index (Phi) is 5.93. The average molecular weight is 414 g/mol. The van der Waals surface area contributed by atoms with Gasteiger partial charge in [0.05, 0.1) is 0 Å². The van der Waals surface area contributed by atoms with Gasteiger partial charge < -0.3 is 19.4 Å². The van der Waals surface area contributed by atoms with E-state index in [0.29, 0.717) is 28.9 Å². The molecule has 0 aliphatic carbocycles. The van der Waals surface area contributed by atoms with Crippen LogP contribution >= 0.6 is 0 Å². The zero-order chi connectivity index (χ0) is 21.6. The number of hydrogen-bond donors (Lipinski definition) is 1. The first kappa shape index (κ1) is 20.2. The lowest BCUT2D eigenvalue weighted by Crippen LogP contribution is -2.20. The summed E-state index contributed by atoms with van der Waals surface area (Å²) < 4.78 is 13.3. The maximum Gasteiger partial charge on any atom is 0.262 e. The first-order chi connectivity index (χ1) is 15.1. The van der Waals surface area contributed by atoms with Crippen LogP contribution in [0.3, 0.4) is 0 Å². The van der Waals surface area contributed by atoms with Crippen LogP contribution in [0.4, 0.5) is 5.69 Å².